The Morgan fingerprint density at radius 2 is 2.31 bits per heavy atom. The molecule has 0 spiro atoms. The number of nitrogens with zero attached hydrogens (tertiary/aromatic N) is 2. The fourth-order valence-corrected chi connectivity index (χ4v) is 2.35. The second-order valence-corrected chi connectivity index (χ2v) is 4.61. The topological polar surface area (TPSA) is 72.4 Å². The van der Waals surface area contributed by atoms with Crippen molar-refractivity contribution in [3.8, 4) is 0 Å². The summed E-state index contributed by atoms with van der Waals surface area (Å²) in [6, 6.07) is 0. The number of fused-ring (bicyclic) bond motifs is 1. The third kappa shape index (κ3) is 1.38. The van der Waals surface area contributed by atoms with Crippen LogP contribution in [0.1, 0.15) is 30.6 Å². The summed E-state index contributed by atoms with van der Waals surface area (Å²) in [5.41, 5.74) is 6.66. The molecule has 0 radical (unpaired) electrons. The van der Waals surface area contributed by atoms with Gasteiger partial charge in [0.05, 0.1) is 6.54 Å². The molecule has 0 aromatic carbocycles. The Kier molecular flexibility index (Phi) is 2.12. The van der Waals surface area contributed by atoms with Crippen molar-refractivity contribution in [1.82, 2.24) is 10.1 Å². The predicted octanol–water partition coefficient (Wildman–Crippen LogP) is 0.942. The predicted molar refractivity (Wildman–Crippen MR) is 57.4 cm³/mol. The number of carbonyl (C=O) groups excluding carboxylic acids is 1. The number of hydrogen-bond donors (Lipinski definition) is 1. The maximum atomic E-state index is 12.0. The molecule has 3 rings (SSSR count). The van der Waals surface area contributed by atoms with Gasteiger partial charge < -0.3 is 15.2 Å². The van der Waals surface area contributed by atoms with Gasteiger partial charge in [0.2, 0.25) is 5.91 Å². The average molecular weight is 221 g/mol. The van der Waals surface area contributed by atoms with Gasteiger partial charge in [-0.2, -0.15) is 0 Å². The SMILES string of the molecule is Nc1noc2c1CCN(C(=O)C1CCC1)C2. The van der Waals surface area contributed by atoms with E-state index in [1.54, 1.807) is 0 Å². The van der Waals surface area contributed by atoms with Crippen LogP contribution >= 0.6 is 0 Å². The molecule has 1 aliphatic heterocycles. The van der Waals surface area contributed by atoms with Crippen molar-refractivity contribution in [1.29, 1.82) is 0 Å². The molecule has 1 aromatic rings. The van der Waals surface area contributed by atoms with Crippen LogP contribution in [0.5, 0.6) is 0 Å². The van der Waals surface area contributed by atoms with Crippen LogP contribution in [-0.2, 0) is 17.8 Å². The first kappa shape index (κ1) is 9.69. The second kappa shape index (κ2) is 3.50. The summed E-state index contributed by atoms with van der Waals surface area (Å²) >= 11 is 0. The number of amides is 1. The molecule has 1 amide bonds. The van der Waals surface area contributed by atoms with Crippen LogP contribution in [0.2, 0.25) is 0 Å². The Bertz CT molecular complexity index is 423. The number of nitrogen functional groups attached to an aromatic ring is 1. The van der Waals surface area contributed by atoms with Crippen molar-refractivity contribution in [3.63, 3.8) is 0 Å². The van der Waals surface area contributed by atoms with Gasteiger partial charge in [0, 0.05) is 18.0 Å². The van der Waals surface area contributed by atoms with E-state index < -0.39 is 0 Å². The molecular weight excluding hydrogens is 206 g/mol. The van der Waals surface area contributed by atoms with E-state index in [2.05, 4.69) is 5.16 Å². The van der Waals surface area contributed by atoms with Gasteiger partial charge in [-0.1, -0.05) is 11.6 Å². The molecule has 86 valence electrons. The first-order valence-electron chi connectivity index (χ1n) is 5.77. The third-order valence-corrected chi connectivity index (χ3v) is 3.63. The molecule has 1 saturated carbocycles. The molecule has 1 aliphatic carbocycles. The number of anilines is 1. The number of aromatic nitrogens is 1. The van der Waals surface area contributed by atoms with Gasteiger partial charge in [0.25, 0.3) is 0 Å². The summed E-state index contributed by atoms with van der Waals surface area (Å²) in [5.74, 6) is 1.76. The largest absolute Gasteiger partial charge is 0.381 e. The van der Waals surface area contributed by atoms with Gasteiger partial charge in [-0.15, -0.1) is 0 Å². The van der Waals surface area contributed by atoms with E-state index in [-0.39, 0.29) is 11.8 Å². The van der Waals surface area contributed by atoms with Crippen LogP contribution in [0.4, 0.5) is 5.82 Å². The molecule has 1 aromatic heterocycles. The first-order chi connectivity index (χ1) is 7.75. The Balaban J connectivity index is 1.74. The van der Waals surface area contributed by atoms with Crippen LogP contribution in [0.25, 0.3) is 0 Å². The van der Waals surface area contributed by atoms with Gasteiger partial charge in [-0.25, -0.2) is 0 Å². The summed E-state index contributed by atoms with van der Waals surface area (Å²) in [6.07, 6.45) is 4.04. The molecule has 1 fully saturated rings. The minimum absolute atomic E-state index is 0.252. The molecule has 0 atom stereocenters. The van der Waals surface area contributed by atoms with Crippen LogP contribution < -0.4 is 5.73 Å². The van der Waals surface area contributed by atoms with Crippen molar-refractivity contribution < 1.29 is 9.32 Å². The molecule has 2 aliphatic rings. The Hall–Kier alpha value is -1.52. The van der Waals surface area contributed by atoms with Crippen LogP contribution in [-0.4, -0.2) is 22.5 Å². The zero-order valence-electron chi connectivity index (χ0n) is 9.11. The van der Waals surface area contributed by atoms with E-state index in [9.17, 15) is 4.79 Å². The summed E-state index contributed by atoms with van der Waals surface area (Å²) in [4.78, 5) is 13.9. The molecular formula is C11H15N3O2. The van der Waals surface area contributed by atoms with Gasteiger partial charge in [-0.3, -0.25) is 4.79 Å². The van der Waals surface area contributed by atoms with Crippen molar-refractivity contribution >= 4 is 11.7 Å². The van der Waals surface area contributed by atoms with Gasteiger partial charge in [0.15, 0.2) is 11.6 Å². The molecule has 5 heteroatoms. The second-order valence-electron chi connectivity index (χ2n) is 4.61. The quantitative estimate of drug-likeness (QED) is 0.766. The highest BCUT2D eigenvalue weighted by atomic mass is 16.5. The van der Waals surface area contributed by atoms with Crippen molar-refractivity contribution in [2.24, 2.45) is 5.92 Å². The fraction of sp³-hybridized carbons (Fsp3) is 0.636. The molecule has 0 saturated heterocycles. The lowest BCUT2D eigenvalue weighted by atomic mass is 9.84. The standard InChI is InChI=1S/C11H15N3O2/c12-10-8-4-5-14(6-9(8)16-13-10)11(15)7-2-1-3-7/h7H,1-6H2,(H2,12,13). The highest BCUT2D eigenvalue weighted by molar-refractivity contribution is 5.79. The fourth-order valence-electron chi connectivity index (χ4n) is 2.35. The monoisotopic (exact) mass is 221 g/mol. The van der Waals surface area contributed by atoms with Crippen molar-refractivity contribution in [3.05, 3.63) is 11.3 Å². The molecule has 2 N–H and O–H groups in total. The van der Waals surface area contributed by atoms with E-state index in [1.807, 2.05) is 4.90 Å². The van der Waals surface area contributed by atoms with E-state index in [1.165, 1.54) is 6.42 Å². The van der Waals surface area contributed by atoms with E-state index >= 15 is 0 Å². The summed E-state index contributed by atoms with van der Waals surface area (Å²) in [5, 5.41) is 3.74. The highest BCUT2D eigenvalue weighted by Crippen LogP contribution is 2.31. The van der Waals surface area contributed by atoms with E-state index in [0.29, 0.717) is 12.4 Å². The minimum Gasteiger partial charge on any atom is -0.381 e. The Labute approximate surface area is 93.6 Å². The molecule has 0 bridgehead atoms. The summed E-state index contributed by atoms with van der Waals surface area (Å²) in [7, 11) is 0. The summed E-state index contributed by atoms with van der Waals surface area (Å²) < 4.78 is 5.13. The number of hydrogen-bond acceptors (Lipinski definition) is 4. The van der Waals surface area contributed by atoms with Gasteiger partial charge in [0.1, 0.15) is 0 Å². The highest BCUT2D eigenvalue weighted by Gasteiger charge is 2.32. The normalized spacial score (nSPS) is 20.4. The zero-order valence-corrected chi connectivity index (χ0v) is 9.11. The lowest BCUT2D eigenvalue weighted by Gasteiger charge is -2.33. The average Bonchev–Trinajstić information content (AvgIpc) is 2.57. The van der Waals surface area contributed by atoms with Crippen LogP contribution in [0, 0.1) is 5.92 Å². The number of nitrogens with two attached hydrogens (primary N) is 1. The van der Waals surface area contributed by atoms with Crippen LogP contribution in [0.15, 0.2) is 4.52 Å². The van der Waals surface area contributed by atoms with Gasteiger partial charge >= 0.3 is 0 Å². The van der Waals surface area contributed by atoms with Crippen molar-refractivity contribution in [2.45, 2.75) is 32.2 Å². The maximum Gasteiger partial charge on any atom is 0.226 e. The van der Waals surface area contributed by atoms with E-state index in [0.717, 1.165) is 37.1 Å². The smallest absolute Gasteiger partial charge is 0.226 e. The summed E-state index contributed by atoms with van der Waals surface area (Å²) in [6.45, 7) is 1.28. The number of rotatable bonds is 1. The molecule has 5 nitrogen and oxygen atoms in total. The van der Waals surface area contributed by atoms with E-state index in [4.69, 9.17) is 10.3 Å². The van der Waals surface area contributed by atoms with Gasteiger partial charge in [-0.05, 0) is 19.3 Å². The number of carbonyl (C=O) groups is 1. The Morgan fingerprint density at radius 1 is 1.50 bits per heavy atom. The third-order valence-electron chi connectivity index (χ3n) is 3.63. The minimum atomic E-state index is 0.252. The maximum absolute atomic E-state index is 12.0. The lowest BCUT2D eigenvalue weighted by Crippen LogP contribution is -2.41. The molecule has 16 heavy (non-hydrogen) atoms. The lowest BCUT2D eigenvalue weighted by molar-refractivity contribution is -0.139. The first-order valence-corrected chi connectivity index (χ1v) is 5.77. The molecule has 2 heterocycles. The zero-order chi connectivity index (χ0) is 11.1. The van der Waals surface area contributed by atoms with Crippen LogP contribution in [0.3, 0.4) is 0 Å². The van der Waals surface area contributed by atoms with Crippen molar-refractivity contribution in [2.75, 3.05) is 12.3 Å². The Morgan fingerprint density at radius 3 is 3.00 bits per heavy atom. The molecule has 0 unspecified atom stereocenters.